The average molecular weight is 383 g/mol. The maximum absolute atomic E-state index is 12.4. The third kappa shape index (κ3) is 5.27. The van der Waals surface area contributed by atoms with Gasteiger partial charge in [-0.25, -0.2) is 4.98 Å². The molecule has 0 aliphatic carbocycles. The van der Waals surface area contributed by atoms with Crippen LogP contribution in [0.2, 0.25) is 0 Å². The van der Waals surface area contributed by atoms with Crippen molar-refractivity contribution in [3.63, 3.8) is 0 Å². The molecule has 0 unspecified atom stereocenters. The average Bonchev–Trinajstić information content (AvgIpc) is 3.34. The molecular formula is C20H21N3O3S. The smallest absolute Gasteiger partial charge is 0.293 e. The first kappa shape index (κ1) is 18.8. The Balaban J connectivity index is 1.57. The van der Waals surface area contributed by atoms with Gasteiger partial charge in [-0.05, 0) is 24.1 Å². The monoisotopic (exact) mass is 383 g/mol. The predicted octanol–water partition coefficient (Wildman–Crippen LogP) is 4.19. The summed E-state index contributed by atoms with van der Waals surface area (Å²) in [5.74, 6) is -0.237. The molecule has 0 radical (unpaired) electrons. The van der Waals surface area contributed by atoms with Gasteiger partial charge in [0.05, 0.1) is 24.4 Å². The highest BCUT2D eigenvalue weighted by Crippen LogP contribution is 2.20. The lowest BCUT2D eigenvalue weighted by Gasteiger charge is -2.18. The number of thiazole rings is 1. The van der Waals surface area contributed by atoms with Gasteiger partial charge in [0.1, 0.15) is 0 Å². The molecule has 6 nitrogen and oxygen atoms in total. The van der Waals surface area contributed by atoms with E-state index < -0.39 is 0 Å². The molecule has 0 saturated carbocycles. The molecule has 0 saturated heterocycles. The van der Waals surface area contributed by atoms with Crippen LogP contribution < -0.4 is 10.6 Å². The Kier molecular flexibility index (Phi) is 6.38. The second kappa shape index (κ2) is 9.14. The number of benzene rings is 1. The third-order valence-electron chi connectivity index (χ3n) is 3.97. The molecule has 2 N–H and O–H groups in total. The van der Waals surface area contributed by atoms with Gasteiger partial charge in [0.15, 0.2) is 10.9 Å². The number of anilines is 1. The fourth-order valence-electron chi connectivity index (χ4n) is 2.72. The van der Waals surface area contributed by atoms with Crippen molar-refractivity contribution in [2.75, 3.05) is 5.32 Å². The van der Waals surface area contributed by atoms with Crippen LogP contribution in [0.25, 0.3) is 0 Å². The highest BCUT2D eigenvalue weighted by molar-refractivity contribution is 7.14. The van der Waals surface area contributed by atoms with Gasteiger partial charge in [-0.2, -0.15) is 0 Å². The van der Waals surface area contributed by atoms with Gasteiger partial charge in [0, 0.05) is 5.38 Å². The number of hydrogen-bond acceptors (Lipinski definition) is 5. The lowest BCUT2D eigenvalue weighted by molar-refractivity contribution is -0.121. The number of carbonyl (C=O) groups excluding carboxylic acids is 2. The standard InChI is InChI=1S/C20H21N3O3S/c1-2-7-16(14-8-4-3-5-9-14)22-18(24)12-15-13-27-20(21-15)23-19(25)17-10-6-11-26-17/h3-6,8-11,13,16H,2,7,12H2,1H3,(H,22,24)(H,21,23,25)/t16-/m0/s1. The van der Waals surface area contributed by atoms with E-state index >= 15 is 0 Å². The molecule has 2 amide bonds. The fraction of sp³-hybridized carbons (Fsp3) is 0.250. The van der Waals surface area contributed by atoms with Crippen molar-refractivity contribution >= 4 is 28.3 Å². The predicted molar refractivity (Wildman–Crippen MR) is 105 cm³/mol. The Labute approximate surface area is 161 Å². The van der Waals surface area contributed by atoms with Crippen LogP contribution in [-0.4, -0.2) is 16.8 Å². The molecule has 7 heteroatoms. The first-order valence-electron chi connectivity index (χ1n) is 8.79. The lowest BCUT2D eigenvalue weighted by atomic mass is 10.0. The Bertz CT molecular complexity index is 875. The molecule has 27 heavy (non-hydrogen) atoms. The molecule has 2 heterocycles. The largest absolute Gasteiger partial charge is 0.459 e. The van der Waals surface area contributed by atoms with E-state index in [1.807, 2.05) is 30.3 Å². The van der Waals surface area contributed by atoms with Crippen LogP contribution in [0.3, 0.4) is 0 Å². The Morgan fingerprint density at radius 2 is 2.00 bits per heavy atom. The van der Waals surface area contributed by atoms with Gasteiger partial charge in [0.2, 0.25) is 5.91 Å². The second-order valence-corrected chi connectivity index (χ2v) is 6.93. The zero-order valence-corrected chi connectivity index (χ0v) is 15.8. The molecule has 0 spiro atoms. The van der Waals surface area contributed by atoms with Crippen LogP contribution in [0.5, 0.6) is 0 Å². The molecule has 0 aliphatic heterocycles. The van der Waals surface area contributed by atoms with E-state index in [-0.39, 0.29) is 30.0 Å². The first-order chi connectivity index (χ1) is 13.2. The van der Waals surface area contributed by atoms with Crippen molar-refractivity contribution < 1.29 is 14.0 Å². The third-order valence-corrected chi connectivity index (χ3v) is 4.78. The van der Waals surface area contributed by atoms with Crippen LogP contribution >= 0.6 is 11.3 Å². The quantitative estimate of drug-likeness (QED) is 0.611. The summed E-state index contributed by atoms with van der Waals surface area (Å²) in [7, 11) is 0. The minimum absolute atomic E-state index is 0.0135. The van der Waals surface area contributed by atoms with Crippen molar-refractivity contribution in [1.82, 2.24) is 10.3 Å². The summed E-state index contributed by atoms with van der Waals surface area (Å²) in [5, 5.41) is 7.96. The van der Waals surface area contributed by atoms with Crippen molar-refractivity contribution in [2.24, 2.45) is 0 Å². The number of hydrogen-bond donors (Lipinski definition) is 2. The van der Waals surface area contributed by atoms with Crippen LogP contribution in [0.1, 0.15) is 47.6 Å². The summed E-state index contributed by atoms with van der Waals surface area (Å²) in [6.07, 6.45) is 3.45. The number of nitrogens with one attached hydrogen (secondary N) is 2. The highest BCUT2D eigenvalue weighted by atomic mass is 32.1. The molecule has 0 aliphatic rings. The molecule has 0 bridgehead atoms. The Morgan fingerprint density at radius 1 is 1.19 bits per heavy atom. The van der Waals surface area contributed by atoms with E-state index in [1.165, 1.54) is 17.6 Å². The highest BCUT2D eigenvalue weighted by Gasteiger charge is 2.16. The van der Waals surface area contributed by atoms with E-state index in [0.29, 0.717) is 10.8 Å². The molecule has 140 valence electrons. The summed E-state index contributed by atoms with van der Waals surface area (Å²) in [6, 6.07) is 13.2. The topological polar surface area (TPSA) is 84.2 Å². The number of rotatable bonds is 8. The number of amides is 2. The summed E-state index contributed by atoms with van der Waals surface area (Å²) in [6.45, 7) is 2.09. The normalized spacial score (nSPS) is 11.7. The zero-order chi connectivity index (χ0) is 19.1. The first-order valence-corrected chi connectivity index (χ1v) is 9.67. The molecule has 3 rings (SSSR count). The maximum Gasteiger partial charge on any atom is 0.293 e. The van der Waals surface area contributed by atoms with Gasteiger partial charge in [-0.15, -0.1) is 11.3 Å². The maximum atomic E-state index is 12.4. The lowest BCUT2D eigenvalue weighted by Crippen LogP contribution is -2.29. The van der Waals surface area contributed by atoms with E-state index in [4.69, 9.17) is 4.42 Å². The minimum Gasteiger partial charge on any atom is -0.459 e. The molecule has 1 aromatic carbocycles. The van der Waals surface area contributed by atoms with Crippen molar-refractivity contribution in [2.45, 2.75) is 32.2 Å². The summed E-state index contributed by atoms with van der Waals surface area (Å²) in [4.78, 5) is 28.7. The number of nitrogens with zero attached hydrogens (tertiary/aromatic N) is 1. The molecule has 1 atom stereocenters. The van der Waals surface area contributed by atoms with Gasteiger partial charge in [-0.1, -0.05) is 43.7 Å². The van der Waals surface area contributed by atoms with Crippen molar-refractivity contribution in [1.29, 1.82) is 0 Å². The minimum atomic E-state index is -0.363. The number of furan rings is 1. The zero-order valence-electron chi connectivity index (χ0n) is 15.0. The van der Waals surface area contributed by atoms with E-state index in [9.17, 15) is 9.59 Å². The number of carbonyl (C=O) groups is 2. The molecule has 3 aromatic rings. The van der Waals surface area contributed by atoms with Gasteiger partial charge in [0.25, 0.3) is 5.91 Å². The van der Waals surface area contributed by atoms with Crippen molar-refractivity contribution in [3.05, 3.63) is 71.1 Å². The summed E-state index contributed by atoms with van der Waals surface area (Å²) < 4.78 is 5.05. The van der Waals surface area contributed by atoms with Gasteiger partial charge in [-0.3, -0.25) is 14.9 Å². The van der Waals surface area contributed by atoms with Crippen LogP contribution in [0, 0.1) is 0 Å². The van der Waals surface area contributed by atoms with E-state index in [1.54, 1.807) is 17.5 Å². The van der Waals surface area contributed by atoms with Crippen molar-refractivity contribution in [3.8, 4) is 0 Å². The summed E-state index contributed by atoms with van der Waals surface area (Å²) >= 11 is 1.28. The van der Waals surface area contributed by atoms with Crippen LogP contribution in [0.4, 0.5) is 5.13 Å². The SMILES string of the molecule is CCC[C@H](NC(=O)Cc1csc(NC(=O)c2ccco2)n1)c1ccccc1. The Hall–Kier alpha value is -2.93. The molecule has 0 fully saturated rings. The second-order valence-electron chi connectivity index (χ2n) is 6.07. The molecular weight excluding hydrogens is 362 g/mol. The fourth-order valence-corrected chi connectivity index (χ4v) is 3.42. The van der Waals surface area contributed by atoms with Gasteiger partial charge < -0.3 is 9.73 Å². The molecule has 2 aromatic heterocycles. The summed E-state index contributed by atoms with van der Waals surface area (Å²) in [5.41, 5.74) is 1.72. The number of aromatic nitrogens is 1. The van der Waals surface area contributed by atoms with Gasteiger partial charge >= 0.3 is 0 Å². The Morgan fingerprint density at radius 3 is 2.70 bits per heavy atom. The van der Waals surface area contributed by atoms with Crippen LogP contribution in [0.15, 0.2) is 58.5 Å². The van der Waals surface area contributed by atoms with Crippen LogP contribution in [-0.2, 0) is 11.2 Å². The van der Waals surface area contributed by atoms with E-state index in [2.05, 4.69) is 22.5 Å². The van der Waals surface area contributed by atoms with E-state index in [0.717, 1.165) is 18.4 Å².